The number of unbranched alkanes of at least 4 members (excludes halogenated alkanes) is 23. The molecular formula is C48H95N3O2. The molecule has 1 aliphatic rings. The van der Waals surface area contributed by atoms with Gasteiger partial charge in [0.25, 0.3) is 0 Å². The van der Waals surface area contributed by atoms with Crippen molar-refractivity contribution >= 4 is 11.8 Å². The molecule has 0 aromatic heterocycles. The van der Waals surface area contributed by atoms with Crippen LogP contribution < -0.4 is 5.32 Å². The molecule has 0 radical (unpaired) electrons. The summed E-state index contributed by atoms with van der Waals surface area (Å²) in [5.41, 5.74) is -0.318. The maximum atomic E-state index is 14.4. The lowest BCUT2D eigenvalue weighted by atomic mass is 9.87. The van der Waals surface area contributed by atoms with Gasteiger partial charge in [0.2, 0.25) is 11.8 Å². The smallest absolute Gasteiger partial charge is 0.243 e. The van der Waals surface area contributed by atoms with Crippen molar-refractivity contribution < 1.29 is 9.59 Å². The van der Waals surface area contributed by atoms with Crippen LogP contribution in [0.2, 0.25) is 0 Å². The molecule has 5 nitrogen and oxygen atoms in total. The van der Waals surface area contributed by atoms with Gasteiger partial charge in [0.15, 0.2) is 0 Å². The molecule has 0 aromatic carbocycles. The molecule has 314 valence electrons. The molecule has 1 N–H and O–H groups in total. The first-order chi connectivity index (χ1) is 25.6. The highest BCUT2D eigenvalue weighted by atomic mass is 16.2. The maximum Gasteiger partial charge on any atom is 0.243 e. The first-order valence-electron chi connectivity index (χ1n) is 23.9. The number of nitrogens with zero attached hydrogens (tertiary/aromatic N) is 2. The van der Waals surface area contributed by atoms with Gasteiger partial charge in [-0.05, 0) is 91.3 Å². The van der Waals surface area contributed by atoms with Crippen molar-refractivity contribution in [2.45, 2.75) is 259 Å². The predicted molar refractivity (Wildman–Crippen MR) is 233 cm³/mol. The van der Waals surface area contributed by atoms with E-state index in [-0.39, 0.29) is 23.4 Å². The van der Waals surface area contributed by atoms with Gasteiger partial charge in [0, 0.05) is 18.5 Å². The average Bonchev–Trinajstić information content (AvgIpc) is 3.12. The van der Waals surface area contributed by atoms with Gasteiger partial charge >= 0.3 is 0 Å². The fraction of sp³-hybridized carbons (Fsp3) is 0.958. The number of piperidine rings is 1. The van der Waals surface area contributed by atoms with E-state index in [1.54, 1.807) is 0 Å². The topological polar surface area (TPSA) is 52.7 Å². The number of hydrogen-bond donors (Lipinski definition) is 1. The molecule has 1 saturated heterocycles. The molecule has 1 fully saturated rings. The summed E-state index contributed by atoms with van der Waals surface area (Å²) in [7, 11) is 2.21. The molecule has 1 heterocycles. The Morgan fingerprint density at radius 1 is 0.604 bits per heavy atom. The van der Waals surface area contributed by atoms with Gasteiger partial charge < -0.3 is 15.1 Å². The Kier molecular flexibility index (Phi) is 31.2. The van der Waals surface area contributed by atoms with Gasteiger partial charge in [0.1, 0.15) is 6.04 Å². The Morgan fingerprint density at radius 3 is 1.38 bits per heavy atom. The summed E-state index contributed by atoms with van der Waals surface area (Å²) in [5.74, 6) is 1.29. The third-order valence-corrected chi connectivity index (χ3v) is 12.0. The van der Waals surface area contributed by atoms with Crippen LogP contribution in [0.4, 0.5) is 0 Å². The number of amides is 2. The van der Waals surface area contributed by atoms with Crippen LogP contribution in [-0.4, -0.2) is 59.9 Å². The maximum absolute atomic E-state index is 14.4. The molecule has 2 amide bonds. The van der Waals surface area contributed by atoms with Crippen molar-refractivity contribution in [3.63, 3.8) is 0 Å². The van der Waals surface area contributed by atoms with Gasteiger partial charge in [0.05, 0.1) is 0 Å². The number of rotatable bonds is 35. The van der Waals surface area contributed by atoms with Crippen molar-refractivity contribution in [1.82, 2.24) is 15.1 Å². The zero-order chi connectivity index (χ0) is 39.0. The lowest BCUT2D eigenvalue weighted by Crippen LogP contribution is -2.55. The second kappa shape index (κ2) is 33.1. The summed E-state index contributed by atoms with van der Waals surface area (Å²) < 4.78 is 0. The number of carbonyl (C=O) groups is 2. The summed E-state index contributed by atoms with van der Waals surface area (Å²) in [4.78, 5) is 33.3. The normalized spacial score (nSPS) is 15.5. The van der Waals surface area contributed by atoms with Gasteiger partial charge in [-0.1, -0.05) is 181 Å². The fourth-order valence-corrected chi connectivity index (χ4v) is 8.49. The van der Waals surface area contributed by atoms with Crippen LogP contribution in [0.25, 0.3) is 0 Å². The van der Waals surface area contributed by atoms with Crippen LogP contribution in [-0.2, 0) is 9.59 Å². The van der Waals surface area contributed by atoms with Crippen molar-refractivity contribution in [3.8, 4) is 0 Å². The van der Waals surface area contributed by atoms with E-state index in [0.29, 0.717) is 18.3 Å². The van der Waals surface area contributed by atoms with Gasteiger partial charge in [-0.25, -0.2) is 0 Å². The Labute approximate surface area is 332 Å². The Hall–Kier alpha value is -1.10. The molecule has 1 aliphatic heterocycles. The monoisotopic (exact) mass is 746 g/mol. The van der Waals surface area contributed by atoms with Gasteiger partial charge in [-0.2, -0.15) is 0 Å². The highest BCUT2D eigenvalue weighted by Gasteiger charge is 2.35. The lowest BCUT2D eigenvalue weighted by molar-refractivity contribution is -0.143. The average molecular weight is 746 g/mol. The molecule has 0 aliphatic carbocycles. The van der Waals surface area contributed by atoms with Crippen molar-refractivity contribution in [3.05, 3.63) is 0 Å². The molecule has 1 rings (SSSR count). The second-order valence-corrected chi connectivity index (χ2v) is 18.6. The minimum absolute atomic E-state index is 0.0745. The SMILES string of the molecule is CCCCCCCCCCCCC(CCCCCCCCCC)CN(C(=O)CCCCCCCCCC)C(CC1CCN(C)CC1)C(=O)NC(C)(C)C. The molecule has 2 atom stereocenters. The first kappa shape index (κ1) is 49.9. The first-order valence-corrected chi connectivity index (χ1v) is 23.9. The van der Waals surface area contributed by atoms with E-state index in [1.165, 1.54) is 167 Å². The summed E-state index contributed by atoms with van der Waals surface area (Å²) in [6.45, 7) is 16.1. The van der Waals surface area contributed by atoms with Crippen LogP contribution >= 0.6 is 0 Å². The Balaban J connectivity index is 3.07. The van der Waals surface area contributed by atoms with Crippen LogP contribution in [0.5, 0.6) is 0 Å². The van der Waals surface area contributed by atoms with E-state index in [0.717, 1.165) is 51.7 Å². The molecule has 5 heteroatoms. The van der Waals surface area contributed by atoms with E-state index >= 15 is 0 Å². The van der Waals surface area contributed by atoms with Crippen LogP contribution in [0.3, 0.4) is 0 Å². The van der Waals surface area contributed by atoms with Gasteiger partial charge in [-0.15, -0.1) is 0 Å². The summed E-state index contributed by atoms with van der Waals surface area (Å²) in [5, 5.41) is 3.35. The highest BCUT2D eigenvalue weighted by Crippen LogP contribution is 2.28. The van der Waals surface area contributed by atoms with Gasteiger partial charge in [-0.3, -0.25) is 9.59 Å². The third-order valence-electron chi connectivity index (χ3n) is 12.0. The third kappa shape index (κ3) is 28.0. The zero-order valence-corrected chi connectivity index (χ0v) is 37.2. The number of hydrogen-bond acceptors (Lipinski definition) is 3. The van der Waals surface area contributed by atoms with E-state index < -0.39 is 0 Å². The Morgan fingerprint density at radius 2 is 0.981 bits per heavy atom. The summed E-state index contributed by atoms with van der Waals surface area (Å²) in [6, 6.07) is -0.363. The minimum Gasteiger partial charge on any atom is -0.350 e. The van der Waals surface area contributed by atoms with E-state index in [1.807, 2.05) is 0 Å². The molecule has 0 saturated carbocycles. The fourth-order valence-electron chi connectivity index (χ4n) is 8.49. The standard InChI is InChI=1S/C48H95N3O2/c1-8-11-14-17-20-23-24-26-29-32-35-44(34-31-28-25-21-18-15-12-9-2)42-51(46(52)36-33-30-27-22-19-16-13-10-3)45(47(53)49-48(4,5)6)41-43-37-39-50(7)40-38-43/h43-45H,8-42H2,1-7H3,(H,49,53). The molecule has 0 aromatic rings. The summed E-state index contributed by atoms with van der Waals surface area (Å²) in [6.07, 6.45) is 40.1. The number of nitrogens with one attached hydrogen (secondary N) is 1. The second-order valence-electron chi connectivity index (χ2n) is 18.6. The van der Waals surface area contributed by atoms with Crippen molar-refractivity contribution in [2.75, 3.05) is 26.7 Å². The summed E-state index contributed by atoms with van der Waals surface area (Å²) >= 11 is 0. The largest absolute Gasteiger partial charge is 0.350 e. The number of likely N-dealkylation sites (tertiary alicyclic amines) is 1. The van der Waals surface area contributed by atoms with E-state index in [4.69, 9.17) is 0 Å². The van der Waals surface area contributed by atoms with Crippen LogP contribution in [0.1, 0.15) is 247 Å². The van der Waals surface area contributed by atoms with E-state index in [9.17, 15) is 9.59 Å². The lowest BCUT2D eigenvalue weighted by Gasteiger charge is -2.39. The number of carbonyl (C=O) groups excluding carboxylic acids is 2. The van der Waals surface area contributed by atoms with Crippen LogP contribution in [0, 0.1) is 11.8 Å². The molecule has 2 unspecified atom stereocenters. The van der Waals surface area contributed by atoms with Crippen molar-refractivity contribution in [1.29, 1.82) is 0 Å². The molecule has 0 spiro atoms. The molecular weight excluding hydrogens is 651 g/mol. The van der Waals surface area contributed by atoms with E-state index in [2.05, 4.69) is 63.7 Å². The van der Waals surface area contributed by atoms with Crippen molar-refractivity contribution in [2.24, 2.45) is 11.8 Å². The molecule has 0 bridgehead atoms. The quantitative estimate of drug-likeness (QED) is 0.0657. The minimum atomic E-state index is -0.363. The van der Waals surface area contributed by atoms with Crippen LogP contribution in [0.15, 0.2) is 0 Å². The Bertz CT molecular complexity index is 846. The zero-order valence-electron chi connectivity index (χ0n) is 37.2. The highest BCUT2D eigenvalue weighted by molar-refractivity contribution is 5.88. The predicted octanol–water partition coefficient (Wildman–Crippen LogP) is 13.8. The molecule has 53 heavy (non-hydrogen) atoms.